The van der Waals surface area contributed by atoms with Crippen LogP contribution in [0.2, 0.25) is 0 Å². The molecule has 0 fully saturated rings. The fourth-order valence-electron chi connectivity index (χ4n) is 0.839. The lowest BCUT2D eigenvalue weighted by molar-refractivity contribution is 0.925. The van der Waals surface area contributed by atoms with Gasteiger partial charge in [-0.15, -0.1) is 11.3 Å². The van der Waals surface area contributed by atoms with Crippen LogP contribution >= 0.6 is 27.3 Å². The number of nitrogens with two attached hydrogens (primary N) is 1. The lowest BCUT2D eigenvalue weighted by Gasteiger charge is -2.00. The van der Waals surface area contributed by atoms with Crippen molar-refractivity contribution in [2.24, 2.45) is 10.7 Å². The molecule has 3 N–H and O–H groups in total. The summed E-state index contributed by atoms with van der Waals surface area (Å²) in [7, 11) is 0. The third-order valence-corrected chi connectivity index (χ3v) is 3.28. The molecule has 1 heterocycles. The third-order valence-electron chi connectivity index (χ3n) is 1.47. The molecule has 72 valence electrons. The summed E-state index contributed by atoms with van der Waals surface area (Å²) in [5.41, 5.74) is 6.75. The lowest BCUT2D eigenvalue weighted by Crippen LogP contribution is -2.31. The highest BCUT2D eigenvalue weighted by Crippen LogP contribution is 2.23. The predicted octanol–water partition coefficient (Wildman–Crippen LogP) is 1.93. The zero-order valence-electron chi connectivity index (χ0n) is 7.38. The number of guanidine groups is 1. The van der Waals surface area contributed by atoms with Gasteiger partial charge in [-0.3, -0.25) is 0 Å². The van der Waals surface area contributed by atoms with Gasteiger partial charge in [0.15, 0.2) is 5.96 Å². The van der Waals surface area contributed by atoms with Crippen LogP contribution in [0.5, 0.6) is 0 Å². The normalized spacial score (nSPS) is 11.7. The van der Waals surface area contributed by atoms with Crippen molar-refractivity contribution in [2.75, 3.05) is 6.54 Å². The summed E-state index contributed by atoms with van der Waals surface area (Å²) in [6.07, 6.45) is 0. The maximum Gasteiger partial charge on any atom is 0.188 e. The van der Waals surface area contributed by atoms with Gasteiger partial charge in [0.2, 0.25) is 0 Å². The molecule has 1 aromatic heterocycles. The van der Waals surface area contributed by atoms with Crippen molar-refractivity contribution in [3.63, 3.8) is 0 Å². The Labute approximate surface area is 90.2 Å². The van der Waals surface area contributed by atoms with Crippen LogP contribution in [0, 0.1) is 0 Å². The minimum atomic E-state index is 0.501. The van der Waals surface area contributed by atoms with Crippen molar-refractivity contribution in [1.29, 1.82) is 0 Å². The van der Waals surface area contributed by atoms with Crippen molar-refractivity contribution in [3.05, 3.63) is 20.8 Å². The first kappa shape index (κ1) is 10.5. The highest BCUT2D eigenvalue weighted by molar-refractivity contribution is 9.11. The summed E-state index contributed by atoms with van der Waals surface area (Å²) in [6, 6.07) is 2.04. The molecule has 1 rings (SSSR count). The van der Waals surface area contributed by atoms with E-state index >= 15 is 0 Å². The molecular formula is C8H12BrN3S. The van der Waals surface area contributed by atoms with Crippen LogP contribution in [-0.2, 0) is 6.54 Å². The van der Waals surface area contributed by atoms with E-state index in [9.17, 15) is 0 Å². The van der Waals surface area contributed by atoms with Crippen LogP contribution in [-0.4, -0.2) is 12.5 Å². The number of nitrogens with one attached hydrogen (secondary N) is 1. The number of halogens is 1. The predicted molar refractivity (Wildman–Crippen MR) is 61.0 cm³/mol. The van der Waals surface area contributed by atoms with E-state index in [0.29, 0.717) is 12.5 Å². The molecule has 0 aliphatic rings. The maximum atomic E-state index is 5.58. The van der Waals surface area contributed by atoms with Gasteiger partial charge in [0.25, 0.3) is 0 Å². The Hall–Kier alpha value is -0.550. The van der Waals surface area contributed by atoms with Gasteiger partial charge >= 0.3 is 0 Å². The van der Waals surface area contributed by atoms with Gasteiger partial charge in [-0.2, -0.15) is 0 Å². The van der Waals surface area contributed by atoms with Crippen molar-refractivity contribution in [1.82, 2.24) is 5.32 Å². The number of thiophene rings is 1. The third kappa shape index (κ3) is 3.36. The second kappa shape index (κ2) is 5.24. The number of nitrogens with zero attached hydrogens (tertiary/aromatic N) is 1. The van der Waals surface area contributed by atoms with Gasteiger partial charge in [-0.25, -0.2) is 4.99 Å². The highest BCUT2D eigenvalue weighted by Gasteiger charge is 1.99. The smallest absolute Gasteiger partial charge is 0.188 e. The lowest BCUT2D eigenvalue weighted by atomic mass is 10.3. The standard InChI is InChI=1S/C8H12BrN3S/c1-2-11-8(10)12-5-6-3-4-13-7(6)9/h3-4H,2,5H2,1H3,(H3,10,11,12). The molecule has 0 saturated carbocycles. The summed E-state index contributed by atoms with van der Waals surface area (Å²) in [5, 5.41) is 4.97. The van der Waals surface area contributed by atoms with Gasteiger partial charge in [0.1, 0.15) is 0 Å². The molecule has 0 radical (unpaired) electrons. The van der Waals surface area contributed by atoms with Gasteiger partial charge in [0, 0.05) is 6.54 Å². The van der Waals surface area contributed by atoms with Crippen LogP contribution in [0.4, 0.5) is 0 Å². The monoisotopic (exact) mass is 261 g/mol. The largest absolute Gasteiger partial charge is 0.370 e. The molecule has 5 heteroatoms. The van der Waals surface area contributed by atoms with E-state index in [-0.39, 0.29) is 0 Å². The van der Waals surface area contributed by atoms with E-state index in [2.05, 4.69) is 26.2 Å². The van der Waals surface area contributed by atoms with Gasteiger partial charge in [-0.05, 0) is 39.9 Å². The van der Waals surface area contributed by atoms with Crippen LogP contribution in [0.1, 0.15) is 12.5 Å². The Bertz CT molecular complexity index is 295. The van der Waals surface area contributed by atoms with Gasteiger partial charge < -0.3 is 11.1 Å². The zero-order chi connectivity index (χ0) is 9.68. The quantitative estimate of drug-likeness (QED) is 0.646. The SMILES string of the molecule is CCNC(N)=NCc1ccsc1Br. The number of aliphatic imine (C=N–C) groups is 1. The van der Waals surface area contributed by atoms with E-state index in [1.165, 1.54) is 5.56 Å². The molecule has 3 nitrogen and oxygen atoms in total. The molecule has 0 saturated heterocycles. The molecule has 13 heavy (non-hydrogen) atoms. The highest BCUT2D eigenvalue weighted by atomic mass is 79.9. The van der Waals surface area contributed by atoms with E-state index in [1.807, 2.05) is 18.4 Å². The van der Waals surface area contributed by atoms with E-state index in [0.717, 1.165) is 10.3 Å². The Morgan fingerprint density at radius 2 is 2.54 bits per heavy atom. The van der Waals surface area contributed by atoms with Gasteiger partial charge in [-0.1, -0.05) is 0 Å². The van der Waals surface area contributed by atoms with Crippen molar-refractivity contribution in [3.8, 4) is 0 Å². The number of hydrogen-bond acceptors (Lipinski definition) is 2. The maximum absolute atomic E-state index is 5.58. The second-order valence-electron chi connectivity index (χ2n) is 2.45. The molecule has 0 spiro atoms. The van der Waals surface area contributed by atoms with Crippen LogP contribution in [0.15, 0.2) is 20.2 Å². The Balaban J connectivity index is 2.51. The summed E-state index contributed by atoms with van der Waals surface area (Å²) < 4.78 is 1.13. The first-order valence-corrected chi connectivity index (χ1v) is 5.67. The zero-order valence-corrected chi connectivity index (χ0v) is 9.78. The van der Waals surface area contributed by atoms with E-state index in [1.54, 1.807) is 11.3 Å². The average Bonchev–Trinajstić information content (AvgIpc) is 2.48. The minimum Gasteiger partial charge on any atom is -0.370 e. The van der Waals surface area contributed by atoms with E-state index < -0.39 is 0 Å². The molecule has 0 amide bonds. The number of rotatable bonds is 3. The first-order valence-electron chi connectivity index (χ1n) is 3.99. The molecular weight excluding hydrogens is 250 g/mol. The Kier molecular flexibility index (Phi) is 4.24. The molecule has 0 aliphatic carbocycles. The van der Waals surface area contributed by atoms with Crippen LogP contribution in [0.3, 0.4) is 0 Å². The topological polar surface area (TPSA) is 50.4 Å². The number of hydrogen-bond donors (Lipinski definition) is 2. The molecule has 0 unspecified atom stereocenters. The van der Waals surface area contributed by atoms with Crippen molar-refractivity contribution in [2.45, 2.75) is 13.5 Å². The Morgan fingerprint density at radius 3 is 3.08 bits per heavy atom. The fourth-order valence-corrected chi connectivity index (χ4v) is 2.06. The Morgan fingerprint density at radius 1 is 1.77 bits per heavy atom. The molecule has 0 bridgehead atoms. The molecule has 0 aromatic carbocycles. The summed E-state index contributed by atoms with van der Waals surface area (Å²) in [6.45, 7) is 3.42. The first-order chi connectivity index (χ1) is 6.24. The van der Waals surface area contributed by atoms with Crippen LogP contribution in [0.25, 0.3) is 0 Å². The summed E-state index contributed by atoms with van der Waals surface area (Å²) in [4.78, 5) is 4.18. The van der Waals surface area contributed by atoms with Crippen molar-refractivity contribution >= 4 is 33.2 Å². The molecule has 1 aromatic rings. The minimum absolute atomic E-state index is 0.501. The average molecular weight is 262 g/mol. The van der Waals surface area contributed by atoms with Crippen LogP contribution < -0.4 is 11.1 Å². The van der Waals surface area contributed by atoms with Crippen molar-refractivity contribution < 1.29 is 0 Å². The van der Waals surface area contributed by atoms with Gasteiger partial charge in [0.05, 0.1) is 10.3 Å². The molecule has 0 aliphatic heterocycles. The summed E-state index contributed by atoms with van der Waals surface area (Å²) in [5.74, 6) is 0.501. The summed E-state index contributed by atoms with van der Waals surface area (Å²) >= 11 is 5.10. The van der Waals surface area contributed by atoms with E-state index in [4.69, 9.17) is 5.73 Å². The molecule has 0 atom stereocenters. The second-order valence-corrected chi connectivity index (χ2v) is 4.69. The fraction of sp³-hybridized carbons (Fsp3) is 0.375.